The van der Waals surface area contributed by atoms with Gasteiger partial charge in [-0.3, -0.25) is 14.4 Å². The lowest BCUT2D eigenvalue weighted by molar-refractivity contribution is -0.111. The fraction of sp³-hybridized carbons (Fsp3) is 0. The first kappa shape index (κ1) is 94.3. The average molecular weight is 1750 g/mol. The van der Waals surface area contributed by atoms with Crippen LogP contribution in [0.15, 0.2) is 582 Å². The highest BCUT2D eigenvalue weighted by atomic mass is 31.1. The van der Waals surface area contributed by atoms with Crippen molar-refractivity contribution in [1.29, 1.82) is 0 Å². The van der Waals surface area contributed by atoms with Crippen molar-refractivity contribution in [1.82, 2.24) is 0 Å². The summed E-state index contributed by atoms with van der Waals surface area (Å²) in [6.07, 6.45) is 20.4. The molecule has 18 aromatic rings. The molecule has 0 aliphatic carbocycles. The Kier molecular flexibility index (Phi) is 40.3. The van der Waals surface area contributed by atoms with E-state index in [-0.39, 0.29) is 17.3 Å². The summed E-state index contributed by atoms with van der Waals surface area (Å²) in [5.74, 6) is -0.0341. The van der Waals surface area contributed by atoms with Crippen molar-refractivity contribution in [3.05, 3.63) is 616 Å². The van der Waals surface area contributed by atoms with Crippen LogP contribution >= 0.6 is 31.7 Å². The summed E-state index contributed by atoms with van der Waals surface area (Å²) in [6, 6.07) is 188. The molecule has 18 aromatic carbocycles. The maximum Gasteiger partial charge on any atom is 0.178 e. The van der Waals surface area contributed by atoms with E-state index < -0.39 is 31.7 Å². The van der Waals surface area contributed by atoms with Gasteiger partial charge in [-0.15, -0.1) is 0 Å². The minimum atomic E-state index is -0.446. The molecule has 0 aliphatic heterocycles. The summed E-state index contributed by atoms with van der Waals surface area (Å²) in [5, 5.41) is 16.8. The zero-order valence-electron chi connectivity index (χ0n) is 72.4. The molecule has 0 aromatic heterocycles. The third kappa shape index (κ3) is 33.2. The second-order valence-electron chi connectivity index (χ2n) is 29.0. The summed E-state index contributed by atoms with van der Waals surface area (Å²) in [5.41, 5.74) is 6.16. The topological polar surface area (TPSA) is 51.2 Å². The van der Waals surface area contributed by atoms with E-state index in [0.717, 1.165) is 33.4 Å². The minimum absolute atomic E-state index is 0.0114. The van der Waals surface area contributed by atoms with Gasteiger partial charge in [0, 0.05) is 0 Å². The lowest BCUT2D eigenvalue weighted by Crippen LogP contribution is -2.20. The van der Waals surface area contributed by atoms with Crippen molar-refractivity contribution < 1.29 is 14.4 Å². The van der Waals surface area contributed by atoms with E-state index in [2.05, 4.69) is 364 Å². The van der Waals surface area contributed by atoms with Crippen molar-refractivity contribution in [2.24, 2.45) is 0 Å². The van der Waals surface area contributed by atoms with E-state index in [1.807, 2.05) is 218 Å². The van der Waals surface area contributed by atoms with Gasteiger partial charge in [0.05, 0.1) is 0 Å². The Hall–Kier alpha value is -14.9. The van der Waals surface area contributed by atoms with Gasteiger partial charge in [-0.25, -0.2) is 0 Å². The van der Waals surface area contributed by atoms with E-state index in [4.69, 9.17) is 0 Å². The molecule has 0 fully saturated rings. The molecular formula is C123H102O3P4. The molecule has 130 heavy (non-hydrogen) atoms. The Morgan fingerprint density at radius 1 is 0.115 bits per heavy atom. The predicted octanol–water partition coefficient (Wildman–Crippen LogP) is 25.7. The maximum atomic E-state index is 11.6. The average Bonchev–Trinajstić information content (AvgIpc) is 0.833. The van der Waals surface area contributed by atoms with Crippen LogP contribution in [-0.2, 0) is 14.4 Å². The monoisotopic (exact) mass is 1750 g/mol. The number of carbonyl (C=O) groups excluding carboxylic acids is 3. The van der Waals surface area contributed by atoms with E-state index in [9.17, 15) is 14.4 Å². The van der Waals surface area contributed by atoms with Crippen LogP contribution in [0, 0.1) is 0 Å². The number of allylic oxidation sites excluding steroid dienone is 6. The Balaban J connectivity index is 0.000000137. The second kappa shape index (κ2) is 55.6. The molecule has 632 valence electrons. The van der Waals surface area contributed by atoms with Gasteiger partial charge in [0.25, 0.3) is 0 Å². The van der Waals surface area contributed by atoms with Crippen LogP contribution in [0.25, 0.3) is 36.5 Å². The standard InChI is InChI=1S/4C18H15P.3C17H14O/c4*1-4-10-16(11-5-1)19(17-12-6-2-7-13-17)18-14-8-3-9-15-18;3*18-17(13-11-15-7-3-1-4-8-15)14-12-16-9-5-2-6-10-16/h4*1-15H;3*1-14H. The Morgan fingerprint density at radius 2 is 0.192 bits per heavy atom. The molecule has 0 aliphatic rings. The molecule has 0 saturated heterocycles. The summed E-state index contributed by atoms with van der Waals surface area (Å²) < 4.78 is 0. The minimum Gasteiger partial charge on any atom is -0.290 e. The van der Waals surface area contributed by atoms with Crippen molar-refractivity contribution in [3.63, 3.8) is 0 Å². The first-order valence-electron chi connectivity index (χ1n) is 43.2. The number of carbonyl (C=O) groups is 3. The van der Waals surface area contributed by atoms with E-state index >= 15 is 0 Å². The smallest absolute Gasteiger partial charge is 0.178 e. The van der Waals surface area contributed by atoms with Crippen LogP contribution in [0.4, 0.5) is 0 Å². The highest BCUT2D eigenvalue weighted by Gasteiger charge is 2.19. The van der Waals surface area contributed by atoms with Crippen LogP contribution in [0.5, 0.6) is 0 Å². The van der Waals surface area contributed by atoms with Crippen LogP contribution < -0.4 is 63.7 Å². The third-order valence-corrected chi connectivity index (χ3v) is 29.4. The number of ketones is 3. The molecule has 18 rings (SSSR count). The molecule has 0 atom stereocenters. The van der Waals surface area contributed by atoms with Gasteiger partial charge < -0.3 is 0 Å². The van der Waals surface area contributed by atoms with Gasteiger partial charge in [0.15, 0.2) is 17.3 Å². The molecule has 0 bridgehead atoms. The quantitative estimate of drug-likeness (QED) is 0.0447. The highest BCUT2D eigenvalue weighted by molar-refractivity contribution is 7.81. The number of benzene rings is 18. The first-order valence-corrected chi connectivity index (χ1v) is 48.5. The lowest BCUT2D eigenvalue weighted by atomic mass is 10.1. The highest BCUT2D eigenvalue weighted by Crippen LogP contribution is 2.36. The first-order chi connectivity index (χ1) is 64.3. The van der Waals surface area contributed by atoms with Crippen LogP contribution in [0.3, 0.4) is 0 Å². The summed E-state index contributed by atoms with van der Waals surface area (Å²) in [4.78, 5) is 34.8. The Labute approximate surface area is 773 Å². The molecule has 0 radical (unpaired) electrons. The molecule has 7 heteroatoms. The molecular weight excluding hydrogens is 1650 g/mol. The van der Waals surface area contributed by atoms with Crippen LogP contribution in [-0.4, -0.2) is 17.3 Å². The van der Waals surface area contributed by atoms with Crippen molar-refractivity contribution in [3.8, 4) is 0 Å². The third-order valence-electron chi connectivity index (χ3n) is 19.6. The predicted molar refractivity (Wildman–Crippen MR) is 568 cm³/mol. The van der Waals surface area contributed by atoms with Gasteiger partial charge in [-0.05, 0) is 165 Å². The second-order valence-corrected chi connectivity index (χ2v) is 37.9. The molecule has 0 N–H and O–H groups in total. The number of hydrogen-bond acceptors (Lipinski definition) is 3. The number of hydrogen-bond donors (Lipinski definition) is 0. The largest absolute Gasteiger partial charge is 0.290 e. The lowest BCUT2D eigenvalue weighted by Gasteiger charge is -2.18. The fourth-order valence-corrected chi connectivity index (χ4v) is 22.6. The SMILES string of the molecule is O=C(C=Cc1ccccc1)C=Cc1ccccc1.O=C(C=Cc1ccccc1)C=Cc1ccccc1.O=C(C=Cc1ccccc1)C=Cc1ccccc1.c1ccc(P(c2ccccc2)c2ccccc2)cc1.c1ccc(P(c2ccccc2)c2ccccc2)cc1.c1ccc(P(c2ccccc2)c2ccccc2)cc1.c1ccc(P(c2ccccc2)c2ccccc2)cc1. The molecule has 0 unspecified atom stereocenters. The van der Waals surface area contributed by atoms with Crippen molar-refractivity contribution in [2.45, 2.75) is 0 Å². The Bertz CT molecular complexity index is 5100. The van der Waals surface area contributed by atoms with Gasteiger partial charge in [-0.2, -0.15) is 0 Å². The van der Waals surface area contributed by atoms with Gasteiger partial charge in [0.2, 0.25) is 0 Å². The van der Waals surface area contributed by atoms with Crippen molar-refractivity contribution >= 4 is 149 Å². The number of rotatable bonds is 24. The van der Waals surface area contributed by atoms with E-state index in [1.165, 1.54) is 63.7 Å². The van der Waals surface area contributed by atoms with Crippen molar-refractivity contribution in [2.75, 3.05) is 0 Å². The van der Waals surface area contributed by atoms with Gasteiger partial charge in [0.1, 0.15) is 0 Å². The van der Waals surface area contributed by atoms with E-state index in [1.54, 1.807) is 36.5 Å². The van der Waals surface area contributed by atoms with Crippen LogP contribution in [0.2, 0.25) is 0 Å². The maximum absolute atomic E-state index is 11.6. The Morgan fingerprint density at radius 3 is 0.277 bits per heavy atom. The normalized spacial score (nSPS) is 10.8. The zero-order valence-corrected chi connectivity index (χ0v) is 76.0. The van der Waals surface area contributed by atoms with E-state index in [0.29, 0.717) is 0 Å². The molecule has 3 nitrogen and oxygen atoms in total. The summed E-state index contributed by atoms with van der Waals surface area (Å²) in [6.45, 7) is 0. The molecule has 0 amide bonds. The molecule has 0 saturated carbocycles. The van der Waals surface area contributed by atoms with Crippen LogP contribution in [0.1, 0.15) is 33.4 Å². The zero-order chi connectivity index (χ0) is 89.6. The van der Waals surface area contributed by atoms with Gasteiger partial charge in [-0.1, -0.05) is 582 Å². The fourth-order valence-electron chi connectivity index (χ4n) is 13.3. The van der Waals surface area contributed by atoms with Gasteiger partial charge >= 0.3 is 0 Å². The molecule has 0 heterocycles. The molecule has 0 spiro atoms. The summed E-state index contributed by atoms with van der Waals surface area (Å²) >= 11 is 0. The summed E-state index contributed by atoms with van der Waals surface area (Å²) in [7, 11) is -1.78.